The second kappa shape index (κ2) is 5.62. The van der Waals surface area contributed by atoms with E-state index in [1.807, 2.05) is 6.07 Å². The van der Waals surface area contributed by atoms with Crippen LogP contribution in [0, 0.1) is 5.92 Å². The third-order valence-corrected chi connectivity index (χ3v) is 4.71. The highest BCUT2D eigenvalue weighted by molar-refractivity contribution is 9.08. The summed E-state index contributed by atoms with van der Waals surface area (Å²) in [6.07, 6.45) is 2.61. The molecule has 3 heteroatoms. The van der Waals surface area contributed by atoms with Crippen molar-refractivity contribution < 1.29 is 0 Å². The average molecular weight is 317 g/mol. The maximum atomic E-state index is 6.14. The van der Waals surface area contributed by atoms with E-state index in [0.717, 1.165) is 22.8 Å². The average Bonchev–Trinajstić information content (AvgIpc) is 2.33. The maximum absolute atomic E-state index is 6.14. The molecule has 0 radical (unpaired) electrons. The summed E-state index contributed by atoms with van der Waals surface area (Å²) in [5.41, 5.74) is 2.63. The molecule has 0 aliphatic carbocycles. The van der Waals surface area contributed by atoms with Crippen LogP contribution >= 0.6 is 27.5 Å². The van der Waals surface area contributed by atoms with Crippen molar-refractivity contribution in [1.82, 2.24) is 0 Å². The van der Waals surface area contributed by atoms with Crippen LogP contribution in [0.5, 0.6) is 0 Å². The number of benzene rings is 1. The van der Waals surface area contributed by atoms with E-state index < -0.39 is 0 Å². The number of hydrogen-bond donors (Lipinski definition) is 0. The molecule has 0 bridgehead atoms. The van der Waals surface area contributed by atoms with Crippen LogP contribution in [0.4, 0.5) is 5.69 Å². The van der Waals surface area contributed by atoms with Crippen LogP contribution < -0.4 is 4.90 Å². The largest absolute Gasteiger partial charge is 0.368 e. The fourth-order valence-corrected chi connectivity index (χ4v) is 3.23. The smallest absolute Gasteiger partial charge is 0.0426 e. The van der Waals surface area contributed by atoms with Crippen LogP contribution in [0.1, 0.15) is 32.3 Å². The molecule has 17 heavy (non-hydrogen) atoms. The molecular weight excluding hydrogens is 298 g/mol. The van der Waals surface area contributed by atoms with E-state index in [1.54, 1.807) is 0 Å². The van der Waals surface area contributed by atoms with Gasteiger partial charge in [-0.25, -0.2) is 0 Å². The fourth-order valence-electron chi connectivity index (χ4n) is 2.59. The minimum absolute atomic E-state index is 0.597. The summed E-state index contributed by atoms with van der Waals surface area (Å²) in [7, 11) is 0. The van der Waals surface area contributed by atoms with E-state index in [1.165, 1.54) is 24.1 Å². The number of halogens is 2. The van der Waals surface area contributed by atoms with Crippen molar-refractivity contribution in [3.63, 3.8) is 0 Å². The third-order valence-electron chi connectivity index (χ3n) is 3.87. The van der Waals surface area contributed by atoms with Gasteiger partial charge in [-0.2, -0.15) is 0 Å². The maximum Gasteiger partial charge on any atom is 0.0426 e. The molecule has 94 valence electrons. The molecule has 0 N–H and O–H groups in total. The SMILES string of the molecule is CC1CCCN(c2cc(Cl)ccc2CBr)C1C. The van der Waals surface area contributed by atoms with Crippen molar-refractivity contribution in [2.75, 3.05) is 11.4 Å². The van der Waals surface area contributed by atoms with E-state index in [4.69, 9.17) is 11.6 Å². The molecule has 1 aromatic carbocycles. The molecule has 2 rings (SSSR count). The topological polar surface area (TPSA) is 3.24 Å². The molecule has 1 aromatic rings. The number of rotatable bonds is 2. The van der Waals surface area contributed by atoms with E-state index >= 15 is 0 Å². The van der Waals surface area contributed by atoms with Gasteiger partial charge in [0, 0.05) is 28.6 Å². The summed E-state index contributed by atoms with van der Waals surface area (Å²) in [5.74, 6) is 0.755. The third kappa shape index (κ3) is 2.79. The molecular formula is C14H19BrClN. The van der Waals surface area contributed by atoms with Gasteiger partial charge < -0.3 is 4.90 Å². The second-order valence-electron chi connectivity index (χ2n) is 4.96. The second-order valence-corrected chi connectivity index (χ2v) is 5.96. The van der Waals surface area contributed by atoms with Gasteiger partial charge in [-0.3, -0.25) is 0 Å². The van der Waals surface area contributed by atoms with Gasteiger partial charge in [0.2, 0.25) is 0 Å². The number of alkyl halides is 1. The summed E-state index contributed by atoms with van der Waals surface area (Å²) in [6, 6.07) is 6.80. The van der Waals surface area contributed by atoms with Gasteiger partial charge in [-0.15, -0.1) is 0 Å². The van der Waals surface area contributed by atoms with E-state index in [-0.39, 0.29) is 0 Å². The van der Waals surface area contributed by atoms with Crippen molar-refractivity contribution in [3.05, 3.63) is 28.8 Å². The molecule has 1 aliphatic heterocycles. The zero-order valence-electron chi connectivity index (χ0n) is 10.4. The Hall–Kier alpha value is -0.210. The van der Waals surface area contributed by atoms with Crippen molar-refractivity contribution >= 4 is 33.2 Å². The highest BCUT2D eigenvalue weighted by Gasteiger charge is 2.26. The lowest BCUT2D eigenvalue weighted by Gasteiger charge is -2.40. The lowest BCUT2D eigenvalue weighted by molar-refractivity contribution is 0.363. The molecule has 0 amide bonds. The first-order chi connectivity index (χ1) is 8.13. The summed E-state index contributed by atoms with van der Waals surface area (Å²) < 4.78 is 0. The Morgan fingerprint density at radius 1 is 1.41 bits per heavy atom. The Balaban J connectivity index is 2.34. The fraction of sp³-hybridized carbons (Fsp3) is 0.571. The quantitative estimate of drug-likeness (QED) is 0.704. The summed E-state index contributed by atoms with van der Waals surface area (Å²) in [4.78, 5) is 2.51. The molecule has 0 aromatic heterocycles. The predicted octanol–water partition coefficient (Wildman–Crippen LogP) is 4.86. The normalized spacial score (nSPS) is 25.1. The number of piperidine rings is 1. The molecule has 1 nitrogen and oxygen atoms in total. The van der Waals surface area contributed by atoms with Crippen LogP contribution in [0.25, 0.3) is 0 Å². The Labute approximate surface area is 117 Å². The Bertz CT molecular complexity index is 394. The monoisotopic (exact) mass is 315 g/mol. The van der Waals surface area contributed by atoms with Crippen LogP contribution in [-0.2, 0) is 5.33 Å². The standard InChI is InChI=1S/C14H19BrClN/c1-10-4-3-7-17(11(10)2)14-8-13(16)6-5-12(14)9-15/h5-6,8,10-11H,3-4,7,9H2,1-2H3. The molecule has 1 fully saturated rings. The lowest BCUT2D eigenvalue weighted by Crippen LogP contribution is -2.42. The first-order valence-corrected chi connectivity index (χ1v) is 7.74. The van der Waals surface area contributed by atoms with Crippen molar-refractivity contribution in [2.45, 2.75) is 38.1 Å². The van der Waals surface area contributed by atoms with Gasteiger partial charge >= 0.3 is 0 Å². The molecule has 1 aliphatic rings. The zero-order chi connectivity index (χ0) is 12.4. The van der Waals surface area contributed by atoms with Crippen LogP contribution in [0.15, 0.2) is 18.2 Å². The van der Waals surface area contributed by atoms with Gasteiger partial charge in [0.1, 0.15) is 0 Å². The highest BCUT2D eigenvalue weighted by Crippen LogP contribution is 2.33. The molecule has 2 unspecified atom stereocenters. The predicted molar refractivity (Wildman–Crippen MR) is 79.3 cm³/mol. The van der Waals surface area contributed by atoms with Gasteiger partial charge in [0.15, 0.2) is 0 Å². The molecule has 0 spiro atoms. The van der Waals surface area contributed by atoms with E-state index in [0.29, 0.717) is 6.04 Å². The van der Waals surface area contributed by atoms with E-state index in [2.05, 4.69) is 46.8 Å². The van der Waals surface area contributed by atoms with Crippen LogP contribution in [0.3, 0.4) is 0 Å². The molecule has 1 heterocycles. The molecule has 0 saturated carbocycles. The van der Waals surface area contributed by atoms with Crippen molar-refractivity contribution in [2.24, 2.45) is 5.92 Å². The number of hydrogen-bond acceptors (Lipinski definition) is 1. The van der Waals surface area contributed by atoms with Gasteiger partial charge in [0.25, 0.3) is 0 Å². The highest BCUT2D eigenvalue weighted by atomic mass is 79.9. The van der Waals surface area contributed by atoms with Gasteiger partial charge in [-0.1, -0.05) is 40.5 Å². The van der Waals surface area contributed by atoms with Gasteiger partial charge in [-0.05, 0) is 43.4 Å². The first-order valence-electron chi connectivity index (χ1n) is 6.24. The lowest BCUT2D eigenvalue weighted by atomic mass is 9.91. The van der Waals surface area contributed by atoms with Gasteiger partial charge in [0.05, 0.1) is 0 Å². The summed E-state index contributed by atoms with van der Waals surface area (Å²) in [5, 5.41) is 1.71. The number of anilines is 1. The van der Waals surface area contributed by atoms with E-state index in [9.17, 15) is 0 Å². The summed E-state index contributed by atoms with van der Waals surface area (Å²) >= 11 is 9.70. The van der Waals surface area contributed by atoms with Crippen molar-refractivity contribution in [3.8, 4) is 0 Å². The Kier molecular flexibility index (Phi) is 4.37. The van der Waals surface area contributed by atoms with Crippen molar-refractivity contribution in [1.29, 1.82) is 0 Å². The minimum atomic E-state index is 0.597. The molecule has 1 saturated heterocycles. The van der Waals surface area contributed by atoms with Crippen LogP contribution in [-0.4, -0.2) is 12.6 Å². The van der Waals surface area contributed by atoms with Crippen LogP contribution in [0.2, 0.25) is 5.02 Å². The molecule has 2 atom stereocenters. The Morgan fingerprint density at radius 2 is 2.18 bits per heavy atom. The summed E-state index contributed by atoms with van der Waals surface area (Å²) in [6.45, 7) is 5.81. The number of nitrogens with zero attached hydrogens (tertiary/aromatic N) is 1. The zero-order valence-corrected chi connectivity index (χ0v) is 12.8. The minimum Gasteiger partial charge on any atom is -0.368 e. The Morgan fingerprint density at radius 3 is 2.88 bits per heavy atom. The first kappa shape index (κ1) is 13.2.